The number of ether oxygens (including phenoxy) is 3. The molecule has 10 nitrogen and oxygen atoms in total. The van der Waals surface area contributed by atoms with Crippen molar-refractivity contribution in [2.45, 2.75) is 63.8 Å². The normalized spacial score (nSPS) is 20.8. The highest BCUT2D eigenvalue weighted by Gasteiger charge is 2.46. The van der Waals surface area contributed by atoms with E-state index in [0.717, 1.165) is 18.9 Å². The monoisotopic (exact) mass is 607 g/mol. The largest absolute Gasteiger partial charge is 0.586 e. The number of halogens is 3. The maximum atomic E-state index is 15.4. The van der Waals surface area contributed by atoms with Gasteiger partial charge < -0.3 is 33.8 Å². The van der Waals surface area contributed by atoms with E-state index in [1.165, 1.54) is 28.8 Å². The van der Waals surface area contributed by atoms with Crippen molar-refractivity contribution < 1.29 is 37.3 Å². The summed E-state index contributed by atoms with van der Waals surface area (Å²) in [4.78, 5) is 40.5. The molecule has 8 rings (SSSR count). The summed E-state index contributed by atoms with van der Waals surface area (Å²) in [6.07, 6.45) is -1.98. The Hall–Kier alpha value is -4.62. The summed E-state index contributed by atoms with van der Waals surface area (Å²) in [5.41, 5.74) is -1.68. The van der Waals surface area contributed by atoms with E-state index in [2.05, 4.69) is 10.1 Å². The molecule has 4 aromatic rings. The number of fused-ring (bicyclic) bond motifs is 6. The van der Waals surface area contributed by atoms with Crippen LogP contribution < -0.4 is 25.8 Å². The molecule has 44 heavy (non-hydrogen) atoms. The van der Waals surface area contributed by atoms with Gasteiger partial charge in [0.05, 0.1) is 34.6 Å². The molecule has 1 aliphatic carbocycles. The predicted octanol–water partition coefficient (Wildman–Crippen LogP) is 3.55. The van der Waals surface area contributed by atoms with Crippen LogP contribution in [0, 0.1) is 5.82 Å². The van der Waals surface area contributed by atoms with Crippen LogP contribution in [0.2, 0.25) is 0 Å². The number of cyclic esters (lactones) is 1. The number of nitrogens with zero attached hydrogens (tertiary/aromatic N) is 2. The van der Waals surface area contributed by atoms with Crippen LogP contribution in [-0.2, 0) is 34.8 Å². The molecule has 0 bridgehead atoms. The molecular formula is C31H24F3N3O7. The zero-order chi connectivity index (χ0) is 30.7. The van der Waals surface area contributed by atoms with Gasteiger partial charge in [0.2, 0.25) is 0 Å². The van der Waals surface area contributed by atoms with Crippen molar-refractivity contribution in [2.75, 3.05) is 0 Å². The quantitative estimate of drug-likeness (QED) is 0.291. The second-order valence-electron chi connectivity index (χ2n) is 11.5. The molecule has 3 aliphatic heterocycles. The molecular weight excluding hydrogens is 583 g/mol. The summed E-state index contributed by atoms with van der Waals surface area (Å²) in [5.74, 6) is -1.93. The number of benzene rings is 2. The number of nitrogens with one attached hydrogen (secondary N) is 1. The van der Waals surface area contributed by atoms with Gasteiger partial charge in [-0.15, -0.1) is 8.78 Å². The van der Waals surface area contributed by atoms with Crippen LogP contribution in [0.15, 0.2) is 46.0 Å². The van der Waals surface area contributed by atoms with Crippen LogP contribution in [0.5, 0.6) is 11.5 Å². The first-order chi connectivity index (χ1) is 21.0. The fourth-order valence-electron chi connectivity index (χ4n) is 6.37. The molecule has 5 heterocycles. The first-order valence-corrected chi connectivity index (χ1v) is 14.2. The fraction of sp³-hybridized carbons (Fsp3) is 0.323. The van der Waals surface area contributed by atoms with E-state index < -0.39 is 34.7 Å². The van der Waals surface area contributed by atoms with E-state index >= 15 is 4.39 Å². The van der Waals surface area contributed by atoms with Crippen LogP contribution in [-0.4, -0.2) is 32.5 Å². The third-order valence-electron chi connectivity index (χ3n) is 8.84. The Bertz CT molecular complexity index is 2090. The zero-order valence-electron chi connectivity index (χ0n) is 23.2. The lowest BCUT2D eigenvalue weighted by atomic mass is 9.85. The van der Waals surface area contributed by atoms with Gasteiger partial charge in [-0.25, -0.2) is 9.18 Å². The molecule has 4 aliphatic rings. The topological polar surface area (TPSA) is 121 Å². The first kappa shape index (κ1) is 27.0. The highest BCUT2D eigenvalue weighted by atomic mass is 19.3. The van der Waals surface area contributed by atoms with Crippen molar-refractivity contribution >= 4 is 16.9 Å². The lowest BCUT2D eigenvalue weighted by molar-refractivity contribution is -0.286. The number of pyridine rings is 2. The van der Waals surface area contributed by atoms with E-state index in [-0.39, 0.29) is 71.4 Å². The van der Waals surface area contributed by atoms with Gasteiger partial charge in [0.1, 0.15) is 12.4 Å². The Balaban J connectivity index is 1.41. The predicted molar refractivity (Wildman–Crippen MR) is 148 cm³/mol. The van der Waals surface area contributed by atoms with E-state index in [9.17, 15) is 28.3 Å². The fourth-order valence-corrected chi connectivity index (χ4v) is 6.37. The van der Waals surface area contributed by atoms with E-state index in [4.69, 9.17) is 9.47 Å². The number of hydrogen-bond donors (Lipinski definition) is 2. The molecule has 1 fully saturated rings. The number of alkyl halides is 2. The molecule has 0 radical (unpaired) electrons. The van der Waals surface area contributed by atoms with Gasteiger partial charge in [0.25, 0.3) is 5.56 Å². The van der Waals surface area contributed by atoms with E-state index in [1.807, 2.05) is 0 Å². The molecule has 0 spiro atoms. The number of aromatic nitrogens is 2. The van der Waals surface area contributed by atoms with Crippen LogP contribution in [0.1, 0.15) is 48.6 Å². The third kappa shape index (κ3) is 3.78. The number of hydrogen-bond acceptors (Lipinski definition) is 8. The van der Waals surface area contributed by atoms with Crippen molar-refractivity contribution in [1.82, 2.24) is 14.5 Å². The summed E-state index contributed by atoms with van der Waals surface area (Å²) < 4.78 is 60.6. The first-order valence-electron chi connectivity index (χ1n) is 14.2. The minimum absolute atomic E-state index is 0.0109. The molecule has 1 saturated carbocycles. The third-order valence-corrected chi connectivity index (χ3v) is 8.84. The van der Waals surface area contributed by atoms with Gasteiger partial charge in [0, 0.05) is 40.9 Å². The maximum Gasteiger partial charge on any atom is 0.586 e. The van der Waals surface area contributed by atoms with Gasteiger partial charge in [-0.05, 0) is 49.6 Å². The number of esters is 1. The Labute approximate surface area is 246 Å². The van der Waals surface area contributed by atoms with Crippen molar-refractivity contribution in [3.8, 4) is 28.4 Å². The minimum Gasteiger partial charge on any atom is -0.458 e. The average Bonchev–Trinajstić information content (AvgIpc) is 3.65. The van der Waals surface area contributed by atoms with Crippen LogP contribution in [0.3, 0.4) is 0 Å². The average molecular weight is 608 g/mol. The second-order valence-corrected chi connectivity index (χ2v) is 11.5. The molecule has 2 aromatic heterocycles. The smallest absolute Gasteiger partial charge is 0.458 e. The lowest BCUT2D eigenvalue weighted by Crippen LogP contribution is -2.44. The molecule has 226 valence electrons. The Kier molecular flexibility index (Phi) is 5.49. The number of rotatable bonds is 5. The Morgan fingerprint density at radius 3 is 2.59 bits per heavy atom. The van der Waals surface area contributed by atoms with Crippen LogP contribution in [0.25, 0.3) is 27.8 Å². The SMILES string of the molecule is CC[C@@]1(O)C(=O)OCc2c1cc1n(c2=O)Cc2c-1c(=O)c1cc(F)c(CNC3CC3)cc1n2-c1ccc2c(c1)OC(F)(F)O2. The minimum atomic E-state index is -3.86. The van der Waals surface area contributed by atoms with Crippen molar-refractivity contribution in [2.24, 2.45) is 0 Å². The summed E-state index contributed by atoms with van der Waals surface area (Å²) in [6, 6.07) is 8.53. The molecule has 0 amide bonds. The number of carbonyl (C=O) groups is 1. The lowest BCUT2D eigenvalue weighted by Gasteiger charge is -2.31. The summed E-state index contributed by atoms with van der Waals surface area (Å²) in [5, 5.41) is 14.5. The standard InChI is InChI=1S/C31H24F3N3O7/c1-2-30(41)19-10-22-26-23(12-36(22)28(39)18(19)13-42-29(30)40)37(16-5-6-24-25(8-16)44-31(33,34)43-24)21-7-14(11-35-15-3-4-15)20(32)9-17(21)27(26)38/h5-10,15,35,41H,2-4,11-13H2,1H3/t30-/m0/s1. The second kappa shape index (κ2) is 8.96. The van der Waals surface area contributed by atoms with Crippen LogP contribution in [0.4, 0.5) is 13.2 Å². The number of carbonyl (C=O) groups excluding carboxylic acids is 1. The van der Waals surface area contributed by atoms with Crippen molar-refractivity contribution in [3.63, 3.8) is 0 Å². The van der Waals surface area contributed by atoms with Gasteiger partial charge >= 0.3 is 12.3 Å². The van der Waals surface area contributed by atoms with Crippen molar-refractivity contribution in [1.29, 1.82) is 0 Å². The van der Waals surface area contributed by atoms with E-state index in [1.54, 1.807) is 17.6 Å². The van der Waals surface area contributed by atoms with E-state index in [0.29, 0.717) is 22.5 Å². The van der Waals surface area contributed by atoms with Gasteiger partial charge in [-0.2, -0.15) is 0 Å². The van der Waals surface area contributed by atoms with Crippen LogP contribution >= 0.6 is 0 Å². The molecule has 0 unspecified atom stereocenters. The van der Waals surface area contributed by atoms with Gasteiger partial charge in [-0.3, -0.25) is 9.59 Å². The molecule has 0 saturated heterocycles. The van der Waals surface area contributed by atoms with Gasteiger partial charge in [-0.1, -0.05) is 6.92 Å². The molecule has 2 aromatic carbocycles. The molecule has 13 heteroatoms. The van der Waals surface area contributed by atoms with Gasteiger partial charge in [0.15, 0.2) is 22.5 Å². The van der Waals surface area contributed by atoms with Crippen molar-refractivity contribution in [3.05, 3.63) is 85.2 Å². The summed E-state index contributed by atoms with van der Waals surface area (Å²) in [6.45, 7) is 1.31. The summed E-state index contributed by atoms with van der Waals surface area (Å²) >= 11 is 0. The number of aliphatic hydroxyl groups is 1. The Morgan fingerprint density at radius 2 is 1.84 bits per heavy atom. The Morgan fingerprint density at radius 1 is 1.07 bits per heavy atom. The molecule has 1 atom stereocenters. The highest BCUT2D eigenvalue weighted by molar-refractivity contribution is 5.89. The summed E-state index contributed by atoms with van der Waals surface area (Å²) in [7, 11) is 0. The zero-order valence-corrected chi connectivity index (χ0v) is 23.2. The molecule has 2 N–H and O–H groups in total. The maximum absolute atomic E-state index is 15.4. The highest BCUT2D eigenvalue weighted by Crippen LogP contribution is 2.44.